The average Bonchev–Trinajstić information content (AvgIpc) is 2.49. The van der Waals surface area contributed by atoms with Crippen LogP contribution in [-0.2, 0) is 16.0 Å². The molecule has 1 atom stereocenters. The summed E-state index contributed by atoms with van der Waals surface area (Å²) < 4.78 is 10.5. The van der Waals surface area contributed by atoms with Crippen LogP contribution in [-0.4, -0.2) is 32.8 Å². The molecule has 0 aromatic heterocycles. The Morgan fingerprint density at radius 1 is 1.35 bits per heavy atom. The second-order valence-corrected chi connectivity index (χ2v) is 5.31. The van der Waals surface area contributed by atoms with Gasteiger partial charge in [0, 0.05) is 6.54 Å². The first kappa shape index (κ1) is 14.9. The summed E-state index contributed by atoms with van der Waals surface area (Å²) in [6, 6.07) is 7.91. The lowest BCUT2D eigenvalue weighted by Crippen LogP contribution is -2.47. The van der Waals surface area contributed by atoms with Gasteiger partial charge in [-0.15, -0.1) is 0 Å². The van der Waals surface area contributed by atoms with Crippen LogP contribution in [0.1, 0.15) is 25.3 Å². The zero-order valence-corrected chi connectivity index (χ0v) is 12.3. The van der Waals surface area contributed by atoms with Gasteiger partial charge in [-0.05, 0) is 50.4 Å². The molecule has 1 aromatic carbocycles. The van der Waals surface area contributed by atoms with Crippen molar-refractivity contribution in [1.82, 2.24) is 5.32 Å². The van der Waals surface area contributed by atoms with E-state index in [4.69, 9.17) is 9.47 Å². The molecule has 4 heteroatoms. The van der Waals surface area contributed by atoms with E-state index in [1.807, 2.05) is 31.2 Å². The third-order valence-electron chi connectivity index (χ3n) is 3.88. The highest BCUT2D eigenvalue weighted by Crippen LogP contribution is 2.32. The molecule has 0 spiro atoms. The van der Waals surface area contributed by atoms with E-state index in [1.165, 1.54) is 0 Å². The zero-order valence-electron chi connectivity index (χ0n) is 12.3. The first-order valence-electron chi connectivity index (χ1n) is 7.21. The number of benzene rings is 1. The molecular formula is C16H23NO3. The maximum Gasteiger partial charge on any atom is 0.313 e. The number of ether oxygens (including phenoxy) is 2. The summed E-state index contributed by atoms with van der Waals surface area (Å²) in [5.74, 6) is 0.753. The average molecular weight is 277 g/mol. The van der Waals surface area contributed by atoms with E-state index >= 15 is 0 Å². The van der Waals surface area contributed by atoms with Crippen LogP contribution in [0.15, 0.2) is 24.3 Å². The van der Waals surface area contributed by atoms with Crippen LogP contribution in [0.5, 0.6) is 5.75 Å². The Kier molecular flexibility index (Phi) is 5.01. The van der Waals surface area contributed by atoms with Crippen molar-refractivity contribution >= 4 is 5.97 Å². The van der Waals surface area contributed by atoms with Crippen LogP contribution in [0.25, 0.3) is 0 Å². The Labute approximate surface area is 120 Å². The smallest absolute Gasteiger partial charge is 0.313 e. The van der Waals surface area contributed by atoms with Crippen molar-refractivity contribution in [2.45, 2.75) is 26.2 Å². The predicted octanol–water partition coefficient (Wildman–Crippen LogP) is 2.17. The highest BCUT2D eigenvalue weighted by atomic mass is 16.5. The molecule has 1 saturated heterocycles. The number of hydrogen-bond donors (Lipinski definition) is 1. The van der Waals surface area contributed by atoms with Crippen molar-refractivity contribution in [2.75, 3.05) is 26.8 Å². The van der Waals surface area contributed by atoms with Gasteiger partial charge in [-0.1, -0.05) is 12.1 Å². The summed E-state index contributed by atoms with van der Waals surface area (Å²) in [5, 5.41) is 3.33. The standard InChI is InChI=1S/C16H23NO3/c1-3-20-15(18)16(9-4-10-17-12-16)11-13-5-7-14(19-2)8-6-13/h5-8,17H,3-4,9-12H2,1-2H3. The molecule has 1 aromatic rings. The molecule has 0 saturated carbocycles. The molecule has 0 radical (unpaired) electrons. The summed E-state index contributed by atoms with van der Waals surface area (Å²) in [7, 11) is 1.65. The minimum Gasteiger partial charge on any atom is -0.497 e. The number of rotatable bonds is 5. The molecule has 20 heavy (non-hydrogen) atoms. The molecule has 2 rings (SSSR count). The number of carbonyl (C=O) groups excluding carboxylic acids is 1. The molecule has 1 aliphatic rings. The number of hydrogen-bond acceptors (Lipinski definition) is 4. The van der Waals surface area contributed by atoms with Crippen LogP contribution >= 0.6 is 0 Å². The molecule has 4 nitrogen and oxygen atoms in total. The summed E-state index contributed by atoms with van der Waals surface area (Å²) in [4.78, 5) is 12.4. The topological polar surface area (TPSA) is 47.6 Å². The van der Waals surface area contributed by atoms with E-state index in [1.54, 1.807) is 7.11 Å². The summed E-state index contributed by atoms with van der Waals surface area (Å²) in [5.41, 5.74) is 0.714. The maximum absolute atomic E-state index is 12.4. The van der Waals surface area contributed by atoms with Crippen LogP contribution in [0.3, 0.4) is 0 Å². The fourth-order valence-corrected chi connectivity index (χ4v) is 2.78. The van der Waals surface area contributed by atoms with Gasteiger partial charge in [-0.25, -0.2) is 0 Å². The largest absolute Gasteiger partial charge is 0.497 e. The summed E-state index contributed by atoms with van der Waals surface area (Å²) in [6.45, 7) is 3.96. The van der Waals surface area contributed by atoms with Gasteiger partial charge < -0.3 is 14.8 Å². The van der Waals surface area contributed by atoms with Crippen molar-refractivity contribution in [1.29, 1.82) is 0 Å². The Bertz CT molecular complexity index is 436. The number of nitrogens with one attached hydrogen (secondary N) is 1. The molecule has 1 N–H and O–H groups in total. The molecule has 0 amide bonds. The molecule has 1 heterocycles. The van der Waals surface area contributed by atoms with Crippen molar-refractivity contribution in [2.24, 2.45) is 5.41 Å². The zero-order chi connectivity index (χ0) is 14.4. The fourth-order valence-electron chi connectivity index (χ4n) is 2.78. The monoisotopic (exact) mass is 277 g/mol. The van der Waals surface area contributed by atoms with Gasteiger partial charge >= 0.3 is 5.97 Å². The molecule has 1 fully saturated rings. The van der Waals surface area contributed by atoms with Crippen molar-refractivity contribution in [3.63, 3.8) is 0 Å². The van der Waals surface area contributed by atoms with E-state index in [0.29, 0.717) is 19.6 Å². The number of carbonyl (C=O) groups is 1. The van der Waals surface area contributed by atoms with Gasteiger partial charge in [0.2, 0.25) is 0 Å². The Balaban J connectivity index is 2.15. The molecule has 1 aliphatic heterocycles. The lowest BCUT2D eigenvalue weighted by atomic mass is 9.75. The van der Waals surface area contributed by atoms with Gasteiger partial charge in [-0.2, -0.15) is 0 Å². The van der Waals surface area contributed by atoms with Crippen LogP contribution in [0, 0.1) is 5.41 Å². The van der Waals surface area contributed by atoms with Gasteiger partial charge in [0.25, 0.3) is 0 Å². The van der Waals surface area contributed by atoms with Crippen molar-refractivity contribution < 1.29 is 14.3 Å². The number of methoxy groups -OCH3 is 1. The first-order valence-corrected chi connectivity index (χ1v) is 7.21. The van der Waals surface area contributed by atoms with Gasteiger partial charge in [-0.3, -0.25) is 4.79 Å². The minimum atomic E-state index is -0.428. The number of esters is 1. The highest BCUT2D eigenvalue weighted by Gasteiger charge is 2.41. The molecule has 1 unspecified atom stereocenters. The molecule has 0 bridgehead atoms. The number of piperidine rings is 1. The third kappa shape index (κ3) is 3.31. The Hall–Kier alpha value is -1.55. The van der Waals surface area contributed by atoms with Crippen LogP contribution in [0.4, 0.5) is 0 Å². The van der Waals surface area contributed by atoms with Gasteiger partial charge in [0.05, 0.1) is 19.1 Å². The van der Waals surface area contributed by atoms with Gasteiger partial charge in [0.1, 0.15) is 5.75 Å². The predicted molar refractivity (Wildman–Crippen MR) is 77.9 cm³/mol. The first-order chi connectivity index (χ1) is 9.70. The SMILES string of the molecule is CCOC(=O)C1(Cc2ccc(OC)cc2)CCCNC1. The van der Waals surface area contributed by atoms with Crippen LogP contribution in [0.2, 0.25) is 0 Å². The van der Waals surface area contributed by atoms with Crippen LogP contribution < -0.4 is 10.1 Å². The normalized spacial score (nSPS) is 22.3. The summed E-state index contributed by atoms with van der Waals surface area (Å²) in [6.07, 6.45) is 2.60. The quantitative estimate of drug-likeness (QED) is 0.838. The van der Waals surface area contributed by atoms with Gasteiger partial charge in [0.15, 0.2) is 0 Å². The Morgan fingerprint density at radius 2 is 2.10 bits per heavy atom. The van der Waals surface area contributed by atoms with E-state index in [-0.39, 0.29) is 5.97 Å². The van der Waals surface area contributed by atoms with E-state index in [2.05, 4.69) is 5.32 Å². The second kappa shape index (κ2) is 6.75. The van der Waals surface area contributed by atoms with Crippen molar-refractivity contribution in [3.05, 3.63) is 29.8 Å². The van der Waals surface area contributed by atoms with E-state index < -0.39 is 5.41 Å². The lowest BCUT2D eigenvalue weighted by Gasteiger charge is -2.35. The molecular weight excluding hydrogens is 254 g/mol. The third-order valence-corrected chi connectivity index (χ3v) is 3.88. The second-order valence-electron chi connectivity index (χ2n) is 5.31. The van der Waals surface area contributed by atoms with Crippen molar-refractivity contribution in [3.8, 4) is 5.75 Å². The summed E-state index contributed by atoms with van der Waals surface area (Å²) >= 11 is 0. The van der Waals surface area contributed by atoms with E-state index in [0.717, 1.165) is 30.7 Å². The maximum atomic E-state index is 12.4. The van der Waals surface area contributed by atoms with E-state index in [9.17, 15) is 4.79 Å². The fraction of sp³-hybridized carbons (Fsp3) is 0.562. The minimum absolute atomic E-state index is 0.0805. The molecule has 0 aliphatic carbocycles. The highest BCUT2D eigenvalue weighted by molar-refractivity contribution is 5.77. The Morgan fingerprint density at radius 3 is 2.65 bits per heavy atom. The molecule has 110 valence electrons. The lowest BCUT2D eigenvalue weighted by molar-refractivity contribution is -0.156.